The zero-order valence-electron chi connectivity index (χ0n) is 39.4. The average Bonchev–Trinajstić information content (AvgIpc) is 3.18. The van der Waals surface area contributed by atoms with Crippen LogP contribution in [-0.4, -0.2) is 135 Å². The largest absolute Gasteiger partial charge is 0.569 e. The van der Waals surface area contributed by atoms with Crippen molar-refractivity contribution in [2.24, 2.45) is 10.8 Å². The van der Waals surface area contributed by atoms with Crippen LogP contribution in [-0.2, 0) is 18.3 Å². The average molecular weight is 928 g/mol. The molecular formula is C44H64BN10O8Si2. The lowest BCUT2D eigenvalue weighted by molar-refractivity contribution is -0.127. The molecule has 8 rings (SSSR count). The van der Waals surface area contributed by atoms with E-state index in [2.05, 4.69) is 107 Å². The Labute approximate surface area is 384 Å². The monoisotopic (exact) mass is 927 g/mol. The second-order valence-electron chi connectivity index (χ2n) is 20.2. The molecule has 2 spiro atoms. The van der Waals surface area contributed by atoms with Crippen molar-refractivity contribution in [3.63, 3.8) is 0 Å². The first-order chi connectivity index (χ1) is 30.7. The fraction of sp³-hybridized carbons (Fsp3) is 0.545. The van der Waals surface area contributed by atoms with E-state index in [0.717, 1.165) is 58.3 Å². The molecule has 65 heavy (non-hydrogen) atoms. The van der Waals surface area contributed by atoms with Gasteiger partial charge in [0.1, 0.15) is 18.4 Å². The number of aromatic nitrogens is 8. The van der Waals surface area contributed by atoms with Crippen LogP contribution < -0.4 is 25.6 Å². The van der Waals surface area contributed by atoms with Crippen molar-refractivity contribution in [2.45, 2.75) is 77.8 Å². The van der Waals surface area contributed by atoms with Crippen LogP contribution in [0.3, 0.4) is 0 Å². The van der Waals surface area contributed by atoms with E-state index in [9.17, 15) is 9.59 Å². The van der Waals surface area contributed by atoms with Crippen LogP contribution in [0.15, 0.2) is 71.6 Å². The molecule has 0 aliphatic carbocycles. The molecule has 0 amide bonds. The third-order valence-corrected chi connectivity index (χ3v) is 21.9. The lowest BCUT2D eigenvalue weighted by Crippen LogP contribution is -2.67. The lowest BCUT2D eigenvalue weighted by Gasteiger charge is -2.55. The topological polar surface area (TPSA) is 205 Å². The second kappa shape index (κ2) is 20.3. The number of rotatable bonds is 13. The summed E-state index contributed by atoms with van der Waals surface area (Å²) in [5.74, 6) is 1.37. The minimum Gasteiger partial charge on any atom is -0.535 e. The molecule has 4 fully saturated rings. The van der Waals surface area contributed by atoms with Gasteiger partial charge < -0.3 is 42.8 Å². The zero-order chi connectivity index (χ0) is 47.1. The molecule has 21 heteroatoms. The number of nitrogens with zero attached hydrogens (tertiary/aromatic N) is 9. The first-order valence-corrected chi connectivity index (χ1v) is 27.6. The van der Waals surface area contributed by atoms with Crippen LogP contribution >= 0.6 is 0 Å². The Hall–Kier alpha value is -4.90. The molecule has 18 nitrogen and oxygen atoms in total. The van der Waals surface area contributed by atoms with Crippen molar-refractivity contribution in [1.82, 2.24) is 39.5 Å². The molecule has 0 atom stereocenters. The standard InChI is InChI=1S/C22H31N5O3Si.C18H29N3O3Si.C4H4BN2O2/c1-21(2,3)31(4,5)30-8-6-7-17-11-27(18-9-23-16-24-10-18)20(28)19(25-17)26-12-22(13-26)14-29-15-22;1-17(2,3)25(4,5)24-8-6-7-14-9-19-16(22)15(20-14)21-10-18(11-21)12-23-13-18;8-5-9-4-1-6-3-7-2-4/h6-7,9-11,16H,8,12-15H2,1-5H3;6-7,9H,8,10-13H2,1-5H3,(H,19,22);1-3,8H/b2*7-6+;. The second-order valence-corrected chi connectivity index (χ2v) is 29.8. The SMILES string of the molecule is CC(C)(C)[Si](C)(C)OC/C=C/c1c[nH]c(=O)c(N2CC3(COC3)C2)n1.CC(C)(C)[Si](C)(C)OC/C=C/c1cn(-c2cncnc2)c(=O)c(N2CC3(COC3)C2)n1.O[B]Oc1cncnc1. The van der Waals surface area contributed by atoms with Crippen molar-refractivity contribution in [3.8, 4) is 11.4 Å². The van der Waals surface area contributed by atoms with Crippen LogP contribution in [0.4, 0.5) is 11.6 Å². The summed E-state index contributed by atoms with van der Waals surface area (Å²) >= 11 is 0. The minimum absolute atomic E-state index is 0.134. The third-order valence-electron chi connectivity index (χ3n) is 12.9. The van der Waals surface area contributed by atoms with Gasteiger partial charge in [-0.3, -0.25) is 14.2 Å². The van der Waals surface area contributed by atoms with Crippen LogP contribution in [0.25, 0.3) is 17.8 Å². The van der Waals surface area contributed by atoms with E-state index in [4.69, 9.17) is 23.3 Å². The van der Waals surface area contributed by atoms with Gasteiger partial charge in [0.05, 0.1) is 92.3 Å². The Morgan fingerprint density at radius 3 is 1.66 bits per heavy atom. The smallest absolute Gasteiger partial charge is 0.535 e. The summed E-state index contributed by atoms with van der Waals surface area (Å²) in [6.45, 7) is 29.8. The Balaban J connectivity index is 0.000000184. The minimum atomic E-state index is -1.82. The molecule has 0 unspecified atom stereocenters. The van der Waals surface area contributed by atoms with Crippen LogP contribution in [0.2, 0.25) is 36.3 Å². The molecule has 4 aliphatic rings. The summed E-state index contributed by atoms with van der Waals surface area (Å²) in [5.41, 5.74) is 2.21. The highest BCUT2D eigenvalue weighted by Gasteiger charge is 2.51. The summed E-state index contributed by atoms with van der Waals surface area (Å²) in [4.78, 5) is 56.7. The van der Waals surface area contributed by atoms with E-state index in [1.807, 2.05) is 34.1 Å². The first kappa shape index (κ1) is 49.5. The Morgan fingerprint density at radius 1 is 0.738 bits per heavy atom. The zero-order valence-corrected chi connectivity index (χ0v) is 41.4. The van der Waals surface area contributed by atoms with Gasteiger partial charge in [0, 0.05) is 38.6 Å². The maximum Gasteiger partial charge on any atom is 0.569 e. The molecule has 0 aromatic carbocycles. The Kier molecular flexibility index (Phi) is 15.5. The van der Waals surface area contributed by atoms with E-state index in [-0.39, 0.29) is 32.0 Å². The molecule has 0 bridgehead atoms. The summed E-state index contributed by atoms with van der Waals surface area (Å²) in [6, 6.07) is 0. The number of anilines is 2. The van der Waals surface area contributed by atoms with Crippen molar-refractivity contribution in [1.29, 1.82) is 0 Å². The van der Waals surface area contributed by atoms with Gasteiger partial charge in [-0.05, 0) is 48.4 Å². The van der Waals surface area contributed by atoms with E-state index in [0.29, 0.717) is 49.7 Å². The number of H-pyrrole nitrogens is 1. The Bertz CT molecular complexity index is 2370. The molecule has 4 aliphatic heterocycles. The molecule has 8 heterocycles. The molecule has 4 saturated heterocycles. The van der Waals surface area contributed by atoms with Crippen LogP contribution in [0.1, 0.15) is 52.9 Å². The molecular weight excluding hydrogens is 864 g/mol. The highest BCUT2D eigenvalue weighted by Crippen LogP contribution is 2.40. The molecule has 1 radical (unpaired) electrons. The maximum absolute atomic E-state index is 13.2. The van der Waals surface area contributed by atoms with Gasteiger partial charge in [-0.2, -0.15) is 0 Å². The van der Waals surface area contributed by atoms with Gasteiger partial charge in [-0.1, -0.05) is 53.7 Å². The number of hydrogen-bond donors (Lipinski definition) is 2. The molecule has 349 valence electrons. The molecule has 0 saturated carbocycles. The number of aromatic amines is 1. The van der Waals surface area contributed by atoms with Crippen LogP contribution in [0, 0.1) is 10.8 Å². The van der Waals surface area contributed by atoms with E-state index < -0.39 is 16.6 Å². The van der Waals surface area contributed by atoms with E-state index in [1.165, 1.54) is 25.0 Å². The highest BCUT2D eigenvalue weighted by atomic mass is 28.4. The predicted octanol–water partition coefficient (Wildman–Crippen LogP) is 4.92. The van der Waals surface area contributed by atoms with Crippen molar-refractivity contribution >= 4 is 48.1 Å². The predicted molar refractivity (Wildman–Crippen MR) is 256 cm³/mol. The van der Waals surface area contributed by atoms with Gasteiger partial charge in [0.25, 0.3) is 11.1 Å². The van der Waals surface area contributed by atoms with Gasteiger partial charge in [0.2, 0.25) is 0 Å². The number of hydrogen-bond acceptors (Lipinski definition) is 16. The Morgan fingerprint density at radius 2 is 1.20 bits per heavy atom. The molecule has 4 aromatic heterocycles. The lowest BCUT2D eigenvalue weighted by atomic mass is 9.78. The third kappa shape index (κ3) is 12.3. The van der Waals surface area contributed by atoms with Gasteiger partial charge >= 0.3 is 7.69 Å². The van der Waals surface area contributed by atoms with Gasteiger partial charge in [0.15, 0.2) is 28.3 Å². The maximum atomic E-state index is 13.2. The van der Waals surface area contributed by atoms with E-state index >= 15 is 0 Å². The van der Waals surface area contributed by atoms with Gasteiger partial charge in [-0.25, -0.2) is 29.9 Å². The van der Waals surface area contributed by atoms with Crippen LogP contribution in [0.5, 0.6) is 5.75 Å². The summed E-state index contributed by atoms with van der Waals surface area (Å²) in [5, 5.41) is 8.47. The van der Waals surface area contributed by atoms with Crippen molar-refractivity contribution in [2.75, 3.05) is 75.6 Å². The fourth-order valence-corrected chi connectivity index (χ4v) is 8.66. The highest BCUT2D eigenvalue weighted by molar-refractivity contribution is 6.74. The molecule has 4 aromatic rings. The first-order valence-electron chi connectivity index (χ1n) is 21.8. The van der Waals surface area contributed by atoms with Crippen molar-refractivity contribution in [3.05, 3.63) is 94.1 Å². The summed E-state index contributed by atoms with van der Waals surface area (Å²) in [6.07, 6.45) is 20.1. The summed E-state index contributed by atoms with van der Waals surface area (Å²) in [7, 11) is -2.98. The number of nitrogens with one attached hydrogen (secondary N) is 1. The molecule has 2 N–H and O–H groups in total. The normalized spacial score (nSPS) is 17.6. The number of ether oxygens (including phenoxy) is 2. The van der Waals surface area contributed by atoms with E-state index in [1.54, 1.807) is 29.4 Å². The summed E-state index contributed by atoms with van der Waals surface area (Å²) < 4.78 is 29.1. The quantitative estimate of drug-likeness (QED) is 0.171. The van der Waals surface area contributed by atoms with Gasteiger partial charge in [-0.15, -0.1) is 0 Å². The fourth-order valence-electron chi connectivity index (χ4n) is 6.76. The van der Waals surface area contributed by atoms with Crippen molar-refractivity contribution < 1.29 is 28.0 Å².